The second-order valence-corrected chi connectivity index (χ2v) is 4.27. The van der Waals surface area contributed by atoms with Crippen LogP contribution in [0, 0.1) is 5.82 Å². The first-order chi connectivity index (χ1) is 8.97. The lowest BCUT2D eigenvalue weighted by Crippen LogP contribution is -2.03. The van der Waals surface area contributed by atoms with Gasteiger partial charge in [0.1, 0.15) is 5.82 Å². The van der Waals surface area contributed by atoms with Crippen molar-refractivity contribution in [1.29, 1.82) is 0 Å². The van der Waals surface area contributed by atoms with E-state index in [-0.39, 0.29) is 16.3 Å². The zero-order valence-electron chi connectivity index (χ0n) is 9.65. The molecule has 0 radical (unpaired) electrons. The number of hydrogen-bond donors (Lipinski definition) is 3. The second kappa shape index (κ2) is 5.16. The summed E-state index contributed by atoms with van der Waals surface area (Å²) in [5.74, 6) is -1.60. The highest BCUT2D eigenvalue weighted by Crippen LogP contribution is 2.25. The number of carboxylic acid groups (broad SMARTS) is 1. The summed E-state index contributed by atoms with van der Waals surface area (Å²) in [4.78, 5) is 10.8. The zero-order valence-corrected chi connectivity index (χ0v) is 10.4. The summed E-state index contributed by atoms with van der Waals surface area (Å²) in [6.45, 7) is 0. The Morgan fingerprint density at radius 3 is 2.42 bits per heavy atom. The van der Waals surface area contributed by atoms with Crippen molar-refractivity contribution in [2.45, 2.75) is 0 Å². The van der Waals surface area contributed by atoms with Crippen molar-refractivity contribution in [3.05, 3.63) is 52.8 Å². The van der Waals surface area contributed by atoms with Gasteiger partial charge in [-0.05, 0) is 36.4 Å². The standard InChI is InChI=1S/C13H10ClFN2O2/c14-10-5-7(2-4-11(10)15)17-8-1-3-9(13(18)19)12(16)6-8/h1-6,17H,16H2,(H,18,19). The lowest BCUT2D eigenvalue weighted by molar-refractivity contribution is 0.0698. The maximum Gasteiger partial charge on any atom is 0.337 e. The van der Waals surface area contributed by atoms with Gasteiger partial charge in [-0.3, -0.25) is 0 Å². The van der Waals surface area contributed by atoms with Crippen LogP contribution < -0.4 is 11.1 Å². The van der Waals surface area contributed by atoms with Gasteiger partial charge in [-0.25, -0.2) is 9.18 Å². The number of benzene rings is 2. The molecule has 0 fully saturated rings. The Balaban J connectivity index is 2.26. The van der Waals surface area contributed by atoms with Crippen LogP contribution in [0.1, 0.15) is 10.4 Å². The molecular formula is C13H10ClFN2O2. The highest BCUT2D eigenvalue weighted by atomic mass is 35.5. The van der Waals surface area contributed by atoms with Gasteiger partial charge in [-0.2, -0.15) is 0 Å². The number of hydrogen-bond acceptors (Lipinski definition) is 3. The third-order valence-electron chi connectivity index (χ3n) is 2.49. The van der Waals surface area contributed by atoms with Gasteiger partial charge in [0.15, 0.2) is 0 Å². The molecule has 4 N–H and O–H groups in total. The average molecular weight is 281 g/mol. The highest BCUT2D eigenvalue weighted by molar-refractivity contribution is 6.31. The number of carbonyl (C=O) groups is 1. The minimum atomic E-state index is -1.09. The lowest BCUT2D eigenvalue weighted by Gasteiger charge is -2.09. The maximum atomic E-state index is 13.0. The molecule has 4 nitrogen and oxygen atoms in total. The van der Waals surface area contributed by atoms with Gasteiger partial charge in [0.25, 0.3) is 0 Å². The Labute approximate surface area is 113 Å². The first-order valence-corrected chi connectivity index (χ1v) is 5.70. The van der Waals surface area contributed by atoms with Crippen molar-refractivity contribution in [3.63, 3.8) is 0 Å². The average Bonchev–Trinajstić information content (AvgIpc) is 2.33. The van der Waals surface area contributed by atoms with E-state index in [1.807, 2.05) is 0 Å². The Kier molecular flexibility index (Phi) is 3.57. The fourth-order valence-electron chi connectivity index (χ4n) is 1.58. The smallest absolute Gasteiger partial charge is 0.337 e. The number of nitrogen functional groups attached to an aromatic ring is 1. The molecule has 19 heavy (non-hydrogen) atoms. The van der Waals surface area contributed by atoms with Gasteiger partial charge in [-0.15, -0.1) is 0 Å². The zero-order chi connectivity index (χ0) is 14.0. The summed E-state index contributed by atoms with van der Waals surface area (Å²) in [5.41, 5.74) is 6.96. The molecule has 0 bridgehead atoms. The van der Waals surface area contributed by atoms with Crippen LogP contribution in [-0.4, -0.2) is 11.1 Å². The topological polar surface area (TPSA) is 75.3 Å². The molecule has 0 spiro atoms. The summed E-state index contributed by atoms with van der Waals surface area (Å²) in [5, 5.41) is 11.8. The van der Waals surface area contributed by atoms with Crippen molar-refractivity contribution in [3.8, 4) is 0 Å². The maximum absolute atomic E-state index is 13.0. The molecule has 0 aromatic heterocycles. The van der Waals surface area contributed by atoms with Gasteiger partial charge in [-0.1, -0.05) is 11.6 Å². The number of carboxylic acids is 1. The first kappa shape index (κ1) is 13.2. The van der Waals surface area contributed by atoms with Crippen molar-refractivity contribution in [2.75, 3.05) is 11.1 Å². The van der Waals surface area contributed by atoms with E-state index >= 15 is 0 Å². The van der Waals surface area contributed by atoms with Crippen molar-refractivity contribution < 1.29 is 14.3 Å². The molecule has 0 aliphatic rings. The van der Waals surface area contributed by atoms with E-state index < -0.39 is 11.8 Å². The quantitative estimate of drug-likeness (QED) is 0.752. The minimum absolute atomic E-state index is 0.000119. The molecule has 0 unspecified atom stereocenters. The van der Waals surface area contributed by atoms with Gasteiger partial charge in [0.2, 0.25) is 0 Å². The van der Waals surface area contributed by atoms with Crippen LogP contribution in [0.2, 0.25) is 5.02 Å². The second-order valence-electron chi connectivity index (χ2n) is 3.86. The van der Waals surface area contributed by atoms with E-state index in [1.54, 1.807) is 6.07 Å². The Morgan fingerprint density at radius 1 is 1.21 bits per heavy atom. The normalized spacial score (nSPS) is 10.2. The van der Waals surface area contributed by atoms with Gasteiger partial charge >= 0.3 is 5.97 Å². The molecule has 2 aromatic carbocycles. The largest absolute Gasteiger partial charge is 0.478 e. The van der Waals surface area contributed by atoms with E-state index in [2.05, 4.69) is 5.32 Å². The number of halogens is 2. The molecule has 2 aromatic rings. The molecule has 6 heteroatoms. The van der Waals surface area contributed by atoms with E-state index in [0.29, 0.717) is 11.4 Å². The van der Waals surface area contributed by atoms with Gasteiger partial charge in [0, 0.05) is 17.1 Å². The first-order valence-electron chi connectivity index (χ1n) is 5.32. The molecule has 0 saturated carbocycles. The summed E-state index contributed by atoms with van der Waals surface area (Å²) >= 11 is 5.66. The van der Waals surface area contributed by atoms with E-state index in [4.69, 9.17) is 22.4 Å². The van der Waals surface area contributed by atoms with Gasteiger partial charge < -0.3 is 16.2 Å². The fraction of sp³-hybridized carbons (Fsp3) is 0. The van der Waals surface area contributed by atoms with Crippen LogP contribution in [-0.2, 0) is 0 Å². The molecule has 0 aliphatic heterocycles. The Hall–Kier alpha value is -2.27. The van der Waals surface area contributed by atoms with Crippen LogP contribution in [0.4, 0.5) is 21.5 Å². The molecule has 0 saturated heterocycles. The number of rotatable bonds is 3. The van der Waals surface area contributed by atoms with Crippen LogP contribution >= 0.6 is 11.6 Å². The Morgan fingerprint density at radius 2 is 1.84 bits per heavy atom. The van der Waals surface area contributed by atoms with Crippen LogP contribution in [0.15, 0.2) is 36.4 Å². The van der Waals surface area contributed by atoms with E-state index in [9.17, 15) is 9.18 Å². The van der Waals surface area contributed by atoms with Crippen LogP contribution in [0.5, 0.6) is 0 Å². The number of aromatic carboxylic acids is 1. The summed E-state index contributed by atoms with van der Waals surface area (Å²) in [6.07, 6.45) is 0. The lowest BCUT2D eigenvalue weighted by atomic mass is 10.1. The van der Waals surface area contributed by atoms with Gasteiger partial charge in [0.05, 0.1) is 10.6 Å². The van der Waals surface area contributed by atoms with Crippen LogP contribution in [0.25, 0.3) is 0 Å². The van der Waals surface area contributed by atoms with Crippen molar-refractivity contribution in [2.24, 2.45) is 0 Å². The molecule has 0 heterocycles. The van der Waals surface area contributed by atoms with Crippen LogP contribution in [0.3, 0.4) is 0 Å². The summed E-state index contributed by atoms with van der Waals surface area (Å²) < 4.78 is 13.0. The molecule has 0 amide bonds. The highest BCUT2D eigenvalue weighted by Gasteiger charge is 2.08. The van der Waals surface area contributed by atoms with Crippen molar-refractivity contribution in [1.82, 2.24) is 0 Å². The number of nitrogens with one attached hydrogen (secondary N) is 1. The molecule has 2 rings (SSSR count). The number of anilines is 3. The monoisotopic (exact) mass is 280 g/mol. The third-order valence-corrected chi connectivity index (χ3v) is 2.78. The van der Waals surface area contributed by atoms with E-state index in [1.165, 1.54) is 30.3 Å². The fourth-order valence-corrected chi connectivity index (χ4v) is 1.76. The SMILES string of the molecule is Nc1cc(Nc2ccc(F)c(Cl)c2)ccc1C(=O)O. The summed E-state index contributed by atoms with van der Waals surface area (Å²) in [6, 6.07) is 8.63. The van der Waals surface area contributed by atoms with E-state index in [0.717, 1.165) is 0 Å². The van der Waals surface area contributed by atoms with Crippen molar-refractivity contribution >= 4 is 34.6 Å². The minimum Gasteiger partial charge on any atom is -0.478 e. The molecule has 0 aliphatic carbocycles. The third kappa shape index (κ3) is 2.95. The molecule has 98 valence electrons. The summed E-state index contributed by atoms with van der Waals surface area (Å²) in [7, 11) is 0. The predicted molar refractivity (Wildman–Crippen MR) is 72.5 cm³/mol. The molecule has 0 atom stereocenters. The Bertz CT molecular complexity index is 647. The number of nitrogens with two attached hydrogens (primary N) is 1. The molecular weight excluding hydrogens is 271 g/mol. The predicted octanol–water partition coefficient (Wildman–Crippen LogP) is 3.50.